The van der Waals surface area contributed by atoms with Gasteiger partial charge in [0, 0.05) is 25.3 Å². The third kappa shape index (κ3) is 2.92. The molecule has 0 aromatic carbocycles. The van der Waals surface area contributed by atoms with Crippen molar-refractivity contribution in [1.82, 2.24) is 14.1 Å². The first-order chi connectivity index (χ1) is 9.00. The van der Waals surface area contributed by atoms with Crippen molar-refractivity contribution < 1.29 is 8.42 Å². The topological polar surface area (TPSA) is 81.2 Å². The maximum absolute atomic E-state index is 12.6. The molecule has 1 aliphatic carbocycles. The number of aromatic nitrogens is 2. The molecule has 0 bridgehead atoms. The summed E-state index contributed by atoms with van der Waals surface area (Å²) in [4.78, 5) is 0.154. The molecular weight excluding hydrogens is 264 g/mol. The molecular formula is C12H22N4O2S. The second-order valence-electron chi connectivity index (χ2n) is 4.99. The number of anilines is 1. The lowest BCUT2D eigenvalue weighted by atomic mass is 10.5. The van der Waals surface area contributed by atoms with Crippen LogP contribution in [0.4, 0.5) is 5.82 Å². The van der Waals surface area contributed by atoms with Crippen molar-refractivity contribution in [3.05, 3.63) is 6.20 Å². The van der Waals surface area contributed by atoms with E-state index in [-0.39, 0.29) is 16.8 Å². The van der Waals surface area contributed by atoms with Gasteiger partial charge in [-0.1, -0.05) is 13.8 Å². The summed E-state index contributed by atoms with van der Waals surface area (Å²) in [5.41, 5.74) is 5.77. The second kappa shape index (κ2) is 5.50. The van der Waals surface area contributed by atoms with Gasteiger partial charge in [-0.15, -0.1) is 0 Å². The van der Waals surface area contributed by atoms with E-state index in [1.165, 1.54) is 0 Å². The van der Waals surface area contributed by atoms with Gasteiger partial charge in [-0.3, -0.25) is 4.68 Å². The van der Waals surface area contributed by atoms with E-state index in [1.807, 2.05) is 13.8 Å². The lowest BCUT2D eigenvalue weighted by Gasteiger charge is -2.20. The number of nitrogens with zero attached hydrogens (tertiary/aromatic N) is 3. The van der Waals surface area contributed by atoms with Gasteiger partial charge in [0.25, 0.3) is 0 Å². The zero-order valence-electron chi connectivity index (χ0n) is 11.5. The van der Waals surface area contributed by atoms with Crippen LogP contribution in [0.15, 0.2) is 11.1 Å². The van der Waals surface area contributed by atoms with Crippen LogP contribution >= 0.6 is 0 Å². The van der Waals surface area contributed by atoms with Crippen molar-refractivity contribution in [2.24, 2.45) is 0 Å². The highest BCUT2D eigenvalue weighted by Gasteiger charge is 2.39. The van der Waals surface area contributed by atoms with Crippen LogP contribution in [-0.4, -0.2) is 35.1 Å². The molecule has 19 heavy (non-hydrogen) atoms. The second-order valence-corrected chi connectivity index (χ2v) is 6.85. The summed E-state index contributed by atoms with van der Waals surface area (Å²) in [6.45, 7) is 5.22. The van der Waals surface area contributed by atoms with Crippen LogP contribution in [0.3, 0.4) is 0 Å². The molecule has 1 aromatic heterocycles. The number of nitrogen functional groups attached to an aromatic ring is 1. The van der Waals surface area contributed by atoms with E-state index >= 15 is 0 Å². The van der Waals surface area contributed by atoms with Crippen molar-refractivity contribution in [3.8, 4) is 0 Å². The lowest BCUT2D eigenvalue weighted by Crippen LogP contribution is -2.34. The van der Waals surface area contributed by atoms with Crippen molar-refractivity contribution in [2.75, 3.05) is 12.3 Å². The van der Waals surface area contributed by atoms with E-state index < -0.39 is 10.0 Å². The zero-order chi connectivity index (χ0) is 14.0. The predicted octanol–water partition coefficient (Wildman–Crippen LogP) is 1.44. The number of aryl methyl sites for hydroxylation is 1. The molecule has 0 aliphatic heterocycles. The molecule has 0 unspecified atom stereocenters. The number of nitrogens with two attached hydrogens (primary N) is 1. The highest BCUT2D eigenvalue weighted by atomic mass is 32.2. The van der Waals surface area contributed by atoms with Gasteiger partial charge >= 0.3 is 0 Å². The quantitative estimate of drug-likeness (QED) is 0.822. The smallest absolute Gasteiger partial charge is 0.248 e. The van der Waals surface area contributed by atoms with Gasteiger partial charge in [0.05, 0.1) is 0 Å². The first-order valence-electron chi connectivity index (χ1n) is 6.85. The molecule has 2 N–H and O–H groups in total. The average molecular weight is 286 g/mol. The number of sulfonamides is 1. The summed E-state index contributed by atoms with van der Waals surface area (Å²) in [5, 5.41) is 4.08. The Kier molecular flexibility index (Phi) is 4.15. The minimum absolute atomic E-state index is 0.107. The van der Waals surface area contributed by atoms with Crippen molar-refractivity contribution in [1.29, 1.82) is 0 Å². The van der Waals surface area contributed by atoms with Crippen LogP contribution in [0.25, 0.3) is 0 Å². The molecule has 108 valence electrons. The number of hydrogen-bond donors (Lipinski definition) is 1. The number of hydrogen-bond acceptors (Lipinski definition) is 4. The summed E-state index contributed by atoms with van der Waals surface area (Å²) in [7, 11) is -3.50. The van der Waals surface area contributed by atoms with Gasteiger partial charge in [-0.2, -0.15) is 9.40 Å². The maximum atomic E-state index is 12.6. The summed E-state index contributed by atoms with van der Waals surface area (Å²) in [6.07, 6.45) is 5.14. The largest absolute Gasteiger partial charge is 0.381 e. The van der Waals surface area contributed by atoms with Crippen LogP contribution in [-0.2, 0) is 16.6 Å². The molecule has 0 atom stereocenters. The minimum atomic E-state index is -3.50. The molecule has 0 spiro atoms. The fourth-order valence-corrected chi connectivity index (χ4v) is 4.01. The standard InChI is InChI=1S/C12H22N4O2S/c1-3-7-15-9-11(12(13)14-15)19(17,18)16(8-4-2)10-5-6-10/h9-10H,3-8H2,1-2H3,(H2,13,14). The minimum Gasteiger partial charge on any atom is -0.381 e. The molecule has 7 heteroatoms. The van der Waals surface area contributed by atoms with Crippen LogP contribution in [0.1, 0.15) is 39.5 Å². The van der Waals surface area contributed by atoms with Crippen LogP contribution in [0.2, 0.25) is 0 Å². The molecule has 0 saturated heterocycles. The van der Waals surface area contributed by atoms with E-state index in [4.69, 9.17) is 5.73 Å². The Labute approximate surface area is 114 Å². The maximum Gasteiger partial charge on any atom is 0.248 e. The van der Waals surface area contributed by atoms with Crippen molar-refractivity contribution in [2.45, 2.75) is 57.0 Å². The molecule has 6 nitrogen and oxygen atoms in total. The van der Waals surface area contributed by atoms with Crippen molar-refractivity contribution in [3.63, 3.8) is 0 Å². The Morgan fingerprint density at radius 1 is 1.42 bits per heavy atom. The Balaban J connectivity index is 2.31. The first-order valence-corrected chi connectivity index (χ1v) is 8.29. The Morgan fingerprint density at radius 3 is 2.63 bits per heavy atom. The third-order valence-corrected chi connectivity index (χ3v) is 5.16. The van der Waals surface area contributed by atoms with Crippen LogP contribution in [0.5, 0.6) is 0 Å². The Morgan fingerprint density at radius 2 is 2.11 bits per heavy atom. The summed E-state index contributed by atoms with van der Waals surface area (Å²) < 4.78 is 28.5. The molecule has 1 heterocycles. The van der Waals surface area contributed by atoms with Gasteiger partial charge in [0.2, 0.25) is 10.0 Å². The predicted molar refractivity (Wildman–Crippen MR) is 74.1 cm³/mol. The fourth-order valence-electron chi connectivity index (χ4n) is 2.17. The average Bonchev–Trinajstić information content (AvgIpc) is 3.10. The van der Waals surface area contributed by atoms with Gasteiger partial charge in [-0.25, -0.2) is 8.42 Å². The van der Waals surface area contributed by atoms with Gasteiger partial charge in [0.1, 0.15) is 4.90 Å². The summed E-state index contributed by atoms with van der Waals surface area (Å²) >= 11 is 0. The lowest BCUT2D eigenvalue weighted by molar-refractivity contribution is 0.403. The SMILES string of the molecule is CCCN(C1CC1)S(=O)(=O)c1cn(CCC)nc1N. The molecule has 1 aromatic rings. The monoisotopic (exact) mass is 286 g/mol. The van der Waals surface area contributed by atoms with E-state index in [9.17, 15) is 8.42 Å². The van der Waals surface area contributed by atoms with Gasteiger partial charge < -0.3 is 5.73 Å². The van der Waals surface area contributed by atoms with Gasteiger partial charge in [-0.05, 0) is 25.7 Å². The molecule has 0 radical (unpaired) electrons. The van der Waals surface area contributed by atoms with Crippen molar-refractivity contribution >= 4 is 15.8 Å². The van der Waals surface area contributed by atoms with E-state index in [0.29, 0.717) is 13.1 Å². The molecule has 1 aliphatic rings. The molecule has 1 fully saturated rings. The van der Waals surface area contributed by atoms with Crippen LogP contribution in [0, 0.1) is 0 Å². The zero-order valence-corrected chi connectivity index (χ0v) is 12.4. The molecule has 1 saturated carbocycles. The number of rotatable bonds is 7. The highest BCUT2D eigenvalue weighted by Crippen LogP contribution is 2.33. The van der Waals surface area contributed by atoms with E-state index in [1.54, 1.807) is 15.2 Å². The van der Waals surface area contributed by atoms with Crippen LogP contribution < -0.4 is 5.73 Å². The molecule has 0 amide bonds. The third-order valence-electron chi connectivity index (χ3n) is 3.19. The summed E-state index contributed by atoms with van der Waals surface area (Å²) in [6, 6.07) is 0.152. The van der Waals surface area contributed by atoms with E-state index in [0.717, 1.165) is 25.7 Å². The Bertz CT molecular complexity index is 534. The Hall–Kier alpha value is -1.08. The normalized spacial score (nSPS) is 16.2. The van der Waals surface area contributed by atoms with Gasteiger partial charge in [0.15, 0.2) is 5.82 Å². The summed E-state index contributed by atoms with van der Waals surface area (Å²) in [5.74, 6) is 0.107. The fraction of sp³-hybridized carbons (Fsp3) is 0.750. The first kappa shape index (κ1) is 14.3. The highest BCUT2D eigenvalue weighted by molar-refractivity contribution is 7.89. The van der Waals surface area contributed by atoms with E-state index in [2.05, 4.69) is 5.10 Å². The molecule has 2 rings (SSSR count).